The SMILES string of the molecule is Cn1cc(C(=O)N2CCCc3c(N)cccc32)c(=O)[nH]c1=O. The average molecular weight is 300 g/mol. The van der Waals surface area contributed by atoms with Crippen LogP contribution in [0, 0.1) is 0 Å². The number of aromatic amines is 1. The Hall–Kier alpha value is -2.83. The standard InChI is InChI=1S/C15H16N4O3/c1-18-8-10(13(20)17-15(18)22)14(21)19-7-3-4-9-11(16)5-2-6-12(9)19/h2,5-6,8H,3-4,7,16H2,1H3,(H,17,20,22). The van der Waals surface area contributed by atoms with Crippen LogP contribution in [-0.2, 0) is 13.5 Å². The largest absolute Gasteiger partial charge is 0.398 e. The first-order chi connectivity index (χ1) is 10.5. The van der Waals surface area contributed by atoms with Crippen LogP contribution in [0.15, 0.2) is 34.0 Å². The topological polar surface area (TPSA) is 101 Å². The van der Waals surface area contributed by atoms with Gasteiger partial charge in [-0.1, -0.05) is 6.07 Å². The molecule has 0 unspecified atom stereocenters. The number of nitrogens with one attached hydrogen (secondary N) is 1. The predicted molar refractivity (Wildman–Crippen MR) is 83.2 cm³/mol. The van der Waals surface area contributed by atoms with Crippen LogP contribution in [0.2, 0.25) is 0 Å². The van der Waals surface area contributed by atoms with E-state index in [0.717, 1.165) is 24.1 Å². The van der Waals surface area contributed by atoms with Crippen molar-refractivity contribution in [1.82, 2.24) is 9.55 Å². The quantitative estimate of drug-likeness (QED) is 0.737. The van der Waals surface area contributed by atoms with Gasteiger partial charge in [0.05, 0.1) is 0 Å². The molecule has 3 N–H and O–H groups in total. The molecule has 0 bridgehead atoms. The van der Waals surface area contributed by atoms with E-state index in [1.54, 1.807) is 17.0 Å². The summed E-state index contributed by atoms with van der Waals surface area (Å²) in [6.07, 6.45) is 2.84. The Morgan fingerprint density at radius 3 is 2.86 bits per heavy atom. The lowest BCUT2D eigenvalue weighted by molar-refractivity contribution is 0.0982. The van der Waals surface area contributed by atoms with Crippen molar-refractivity contribution in [3.8, 4) is 0 Å². The first kappa shape index (κ1) is 14.1. The minimum Gasteiger partial charge on any atom is -0.398 e. The normalized spacial score (nSPS) is 13.8. The van der Waals surface area contributed by atoms with Gasteiger partial charge in [-0.2, -0.15) is 0 Å². The van der Waals surface area contributed by atoms with Crippen LogP contribution < -0.4 is 21.9 Å². The minimum absolute atomic E-state index is 0.0580. The maximum Gasteiger partial charge on any atom is 0.328 e. The molecule has 7 heteroatoms. The summed E-state index contributed by atoms with van der Waals surface area (Å²) in [6, 6.07) is 5.40. The number of aryl methyl sites for hydroxylation is 1. The van der Waals surface area contributed by atoms with Crippen molar-refractivity contribution in [2.24, 2.45) is 7.05 Å². The van der Waals surface area contributed by atoms with Crippen molar-refractivity contribution in [2.45, 2.75) is 12.8 Å². The van der Waals surface area contributed by atoms with Gasteiger partial charge in [0.15, 0.2) is 0 Å². The van der Waals surface area contributed by atoms with Crippen LogP contribution in [0.5, 0.6) is 0 Å². The third-order valence-corrected chi connectivity index (χ3v) is 3.87. The van der Waals surface area contributed by atoms with Gasteiger partial charge in [-0.05, 0) is 30.5 Å². The maximum absolute atomic E-state index is 12.7. The molecule has 0 atom stereocenters. The van der Waals surface area contributed by atoms with Crippen molar-refractivity contribution in [3.05, 3.63) is 56.4 Å². The molecule has 0 spiro atoms. The van der Waals surface area contributed by atoms with Gasteiger partial charge in [-0.3, -0.25) is 14.6 Å². The second-order valence-corrected chi connectivity index (χ2v) is 5.32. The zero-order valence-corrected chi connectivity index (χ0v) is 12.1. The molecule has 1 aromatic carbocycles. The number of nitrogen functional groups attached to an aromatic ring is 1. The molecule has 0 saturated carbocycles. The monoisotopic (exact) mass is 300 g/mol. The van der Waals surface area contributed by atoms with E-state index >= 15 is 0 Å². The van der Waals surface area contributed by atoms with E-state index < -0.39 is 17.2 Å². The van der Waals surface area contributed by atoms with Gasteiger partial charge in [-0.15, -0.1) is 0 Å². The Balaban J connectivity index is 2.09. The van der Waals surface area contributed by atoms with Gasteiger partial charge in [0, 0.05) is 31.2 Å². The highest BCUT2D eigenvalue weighted by atomic mass is 16.2. The van der Waals surface area contributed by atoms with Crippen molar-refractivity contribution < 1.29 is 4.79 Å². The van der Waals surface area contributed by atoms with E-state index in [2.05, 4.69) is 4.98 Å². The summed E-state index contributed by atoms with van der Waals surface area (Å²) in [4.78, 5) is 39.7. The number of nitrogens with zero attached hydrogens (tertiary/aromatic N) is 2. The number of H-pyrrole nitrogens is 1. The van der Waals surface area contributed by atoms with Crippen LogP contribution >= 0.6 is 0 Å². The summed E-state index contributed by atoms with van der Waals surface area (Å²) < 4.78 is 1.18. The average Bonchev–Trinajstić information content (AvgIpc) is 2.50. The lowest BCUT2D eigenvalue weighted by Gasteiger charge is -2.30. The van der Waals surface area contributed by atoms with Gasteiger partial charge in [0.2, 0.25) is 0 Å². The Bertz CT molecular complexity index is 866. The fourth-order valence-corrected chi connectivity index (χ4v) is 2.72. The molecule has 0 aliphatic carbocycles. The van der Waals surface area contributed by atoms with E-state index in [0.29, 0.717) is 12.2 Å². The van der Waals surface area contributed by atoms with Crippen LogP contribution in [0.3, 0.4) is 0 Å². The zero-order chi connectivity index (χ0) is 15.9. The zero-order valence-electron chi connectivity index (χ0n) is 12.1. The molecular formula is C15H16N4O3. The number of aromatic nitrogens is 2. The number of carbonyl (C=O) groups excluding carboxylic acids is 1. The Kier molecular flexibility index (Phi) is 3.32. The van der Waals surface area contributed by atoms with Gasteiger partial charge in [0.1, 0.15) is 5.56 Å². The predicted octanol–water partition coefficient (Wildman–Crippen LogP) is 0.249. The number of amides is 1. The molecule has 22 heavy (non-hydrogen) atoms. The van der Waals surface area contributed by atoms with Crippen molar-refractivity contribution >= 4 is 17.3 Å². The first-order valence-corrected chi connectivity index (χ1v) is 6.98. The van der Waals surface area contributed by atoms with E-state index in [1.165, 1.54) is 17.8 Å². The number of fused-ring (bicyclic) bond motifs is 1. The summed E-state index contributed by atoms with van der Waals surface area (Å²) in [6.45, 7) is 0.511. The Labute approximate surface area is 126 Å². The van der Waals surface area contributed by atoms with Crippen LogP contribution in [0.4, 0.5) is 11.4 Å². The second-order valence-electron chi connectivity index (χ2n) is 5.32. The lowest BCUT2D eigenvalue weighted by Crippen LogP contribution is -2.41. The molecule has 1 aliphatic heterocycles. The number of hydrogen-bond acceptors (Lipinski definition) is 4. The van der Waals surface area contributed by atoms with Gasteiger partial charge in [0.25, 0.3) is 11.5 Å². The summed E-state index contributed by atoms with van der Waals surface area (Å²) in [5.41, 5.74) is 6.97. The van der Waals surface area contributed by atoms with Crippen LogP contribution in [0.1, 0.15) is 22.3 Å². The van der Waals surface area contributed by atoms with Gasteiger partial charge in [-0.25, -0.2) is 4.79 Å². The number of carbonyl (C=O) groups is 1. The molecule has 1 amide bonds. The fraction of sp³-hybridized carbons (Fsp3) is 0.267. The lowest BCUT2D eigenvalue weighted by atomic mass is 9.99. The number of rotatable bonds is 1. The molecule has 0 radical (unpaired) electrons. The molecule has 0 saturated heterocycles. The Morgan fingerprint density at radius 2 is 2.09 bits per heavy atom. The van der Waals surface area contributed by atoms with Crippen LogP contribution in [0.25, 0.3) is 0 Å². The first-order valence-electron chi connectivity index (χ1n) is 6.98. The third-order valence-electron chi connectivity index (χ3n) is 3.87. The molecular weight excluding hydrogens is 284 g/mol. The highest BCUT2D eigenvalue weighted by molar-refractivity contribution is 6.06. The van der Waals surface area contributed by atoms with E-state index in [4.69, 9.17) is 5.73 Å². The smallest absolute Gasteiger partial charge is 0.328 e. The highest BCUT2D eigenvalue weighted by Crippen LogP contribution is 2.31. The van der Waals surface area contributed by atoms with Crippen molar-refractivity contribution in [1.29, 1.82) is 0 Å². The number of anilines is 2. The molecule has 2 heterocycles. The summed E-state index contributed by atoms with van der Waals surface area (Å²) in [5.74, 6) is -0.427. The molecule has 7 nitrogen and oxygen atoms in total. The molecule has 1 aromatic heterocycles. The van der Waals surface area contributed by atoms with Crippen molar-refractivity contribution in [3.63, 3.8) is 0 Å². The van der Waals surface area contributed by atoms with E-state index in [1.807, 2.05) is 6.07 Å². The number of benzene rings is 1. The van der Waals surface area contributed by atoms with E-state index in [9.17, 15) is 14.4 Å². The minimum atomic E-state index is -0.677. The highest BCUT2D eigenvalue weighted by Gasteiger charge is 2.26. The fourth-order valence-electron chi connectivity index (χ4n) is 2.72. The maximum atomic E-state index is 12.7. The molecule has 2 aromatic rings. The third kappa shape index (κ3) is 2.20. The summed E-state index contributed by atoms with van der Waals surface area (Å²) >= 11 is 0. The molecule has 3 rings (SSSR count). The van der Waals surface area contributed by atoms with Crippen molar-refractivity contribution in [2.75, 3.05) is 17.2 Å². The second kappa shape index (κ2) is 5.18. The molecule has 114 valence electrons. The molecule has 1 aliphatic rings. The number of nitrogens with two attached hydrogens (primary N) is 1. The summed E-state index contributed by atoms with van der Waals surface area (Å²) in [7, 11) is 1.48. The van der Waals surface area contributed by atoms with Gasteiger partial charge < -0.3 is 15.2 Å². The summed E-state index contributed by atoms with van der Waals surface area (Å²) in [5, 5.41) is 0. The van der Waals surface area contributed by atoms with Crippen LogP contribution in [-0.4, -0.2) is 22.0 Å². The molecule has 0 fully saturated rings. The van der Waals surface area contributed by atoms with E-state index in [-0.39, 0.29) is 5.56 Å². The van der Waals surface area contributed by atoms with Gasteiger partial charge >= 0.3 is 5.69 Å². The number of hydrogen-bond donors (Lipinski definition) is 2. The Morgan fingerprint density at radius 1 is 1.32 bits per heavy atom.